The number of hydrogen-bond acceptors (Lipinski definition) is 7. The molecule has 0 radical (unpaired) electrons. The molecule has 1 fully saturated rings. The highest BCUT2D eigenvalue weighted by atomic mass is 16.5. The van der Waals surface area contributed by atoms with Crippen LogP contribution in [0.15, 0.2) is 65.6 Å². The first-order chi connectivity index (χ1) is 21.2. The van der Waals surface area contributed by atoms with Crippen LogP contribution >= 0.6 is 0 Å². The van der Waals surface area contributed by atoms with Crippen LogP contribution in [-0.4, -0.2) is 51.5 Å². The Morgan fingerprint density at radius 3 is 2.43 bits per heavy atom. The van der Waals surface area contributed by atoms with Gasteiger partial charge >= 0.3 is 0 Å². The van der Waals surface area contributed by atoms with Crippen molar-refractivity contribution in [2.75, 3.05) is 25.5 Å². The van der Waals surface area contributed by atoms with E-state index in [2.05, 4.69) is 36.1 Å². The molecule has 1 aliphatic carbocycles. The predicted octanol–water partition coefficient (Wildman–Crippen LogP) is 6.92. The number of aromatic nitrogens is 3. The molecule has 3 heterocycles. The number of carbonyl (C=O) groups is 1. The first-order valence-corrected chi connectivity index (χ1v) is 16.0. The first-order valence-electron chi connectivity index (χ1n) is 16.0. The fourth-order valence-electron chi connectivity index (χ4n) is 6.85. The van der Waals surface area contributed by atoms with Crippen molar-refractivity contribution in [2.24, 2.45) is 5.41 Å². The number of nitrogens with zero attached hydrogens (tertiary/aromatic N) is 4. The molecule has 0 amide bonds. The average molecular weight is 594 g/mol. The number of benzene rings is 2. The Morgan fingerprint density at radius 2 is 1.73 bits per heavy atom. The van der Waals surface area contributed by atoms with Crippen molar-refractivity contribution in [1.29, 1.82) is 0 Å². The van der Waals surface area contributed by atoms with Gasteiger partial charge in [0.05, 0.1) is 6.04 Å². The van der Waals surface area contributed by atoms with E-state index >= 15 is 0 Å². The molecule has 2 aromatic carbocycles. The second kappa shape index (κ2) is 12.2. The summed E-state index contributed by atoms with van der Waals surface area (Å²) in [7, 11) is 2.14. The largest absolute Gasteiger partial charge is 0.490 e. The lowest BCUT2D eigenvalue weighted by Crippen LogP contribution is -2.45. The Hall–Kier alpha value is -4.04. The number of hydrogen-bond donors (Lipinski definition) is 1. The van der Waals surface area contributed by atoms with Crippen LogP contribution in [0.2, 0.25) is 0 Å². The highest BCUT2D eigenvalue weighted by Gasteiger charge is 2.44. The van der Waals surface area contributed by atoms with Crippen molar-refractivity contribution < 1.29 is 9.53 Å². The van der Waals surface area contributed by atoms with E-state index in [4.69, 9.17) is 9.72 Å². The molecule has 0 spiro atoms. The van der Waals surface area contributed by atoms with Gasteiger partial charge in [0.25, 0.3) is 5.56 Å². The summed E-state index contributed by atoms with van der Waals surface area (Å²) in [6.45, 7) is 10.2. The predicted molar refractivity (Wildman–Crippen MR) is 175 cm³/mol. The molecular weight excluding hydrogens is 550 g/mol. The molecule has 1 atom stereocenters. The number of carbonyl (C=O) groups excluding carboxylic acids is 1. The third-order valence-corrected chi connectivity index (χ3v) is 9.71. The van der Waals surface area contributed by atoms with Gasteiger partial charge in [-0.2, -0.15) is 4.98 Å². The van der Waals surface area contributed by atoms with Gasteiger partial charge in [0.1, 0.15) is 17.5 Å². The molecule has 8 nitrogen and oxygen atoms in total. The van der Waals surface area contributed by atoms with E-state index < -0.39 is 11.5 Å². The van der Waals surface area contributed by atoms with Crippen LogP contribution in [0.1, 0.15) is 86.8 Å². The number of nitrogens with one attached hydrogen (secondary N) is 1. The minimum absolute atomic E-state index is 0.0484. The number of ketones is 1. The first kappa shape index (κ1) is 30.0. The fourth-order valence-corrected chi connectivity index (χ4v) is 6.85. The second-order valence-electron chi connectivity index (χ2n) is 13.0. The zero-order valence-corrected chi connectivity index (χ0v) is 26.5. The molecule has 8 heteroatoms. The minimum Gasteiger partial charge on any atom is -0.490 e. The molecule has 1 aliphatic heterocycles. The molecule has 2 aromatic heterocycles. The summed E-state index contributed by atoms with van der Waals surface area (Å²) in [5, 5.41) is 4.11. The second-order valence-corrected chi connectivity index (χ2v) is 13.0. The Labute approximate surface area is 259 Å². The summed E-state index contributed by atoms with van der Waals surface area (Å²) < 4.78 is 8.01. The maximum atomic E-state index is 14.4. The van der Waals surface area contributed by atoms with Gasteiger partial charge < -0.3 is 15.0 Å². The van der Waals surface area contributed by atoms with Gasteiger partial charge in [-0.3, -0.25) is 14.2 Å². The van der Waals surface area contributed by atoms with Crippen LogP contribution < -0.4 is 15.6 Å². The highest BCUT2D eigenvalue weighted by molar-refractivity contribution is 6.03. The average Bonchev–Trinajstić information content (AvgIpc) is 3.02. The van der Waals surface area contributed by atoms with Gasteiger partial charge in [0, 0.05) is 46.9 Å². The number of Topliss-reactive ketones (excluding diaryl/α,β-unsaturated/α-hetero) is 1. The summed E-state index contributed by atoms with van der Waals surface area (Å²) in [6.07, 6.45) is 6.35. The highest BCUT2D eigenvalue weighted by Crippen LogP contribution is 2.43. The van der Waals surface area contributed by atoms with E-state index in [-0.39, 0.29) is 23.4 Å². The maximum Gasteiger partial charge on any atom is 0.255 e. The monoisotopic (exact) mass is 593 g/mol. The molecule has 1 unspecified atom stereocenters. The van der Waals surface area contributed by atoms with E-state index in [1.165, 1.54) is 0 Å². The number of likely N-dealkylation sites (tertiary alicyclic amines) is 1. The van der Waals surface area contributed by atoms with Crippen LogP contribution in [0.3, 0.4) is 0 Å². The summed E-state index contributed by atoms with van der Waals surface area (Å²) in [5.74, 6) is 1.40. The van der Waals surface area contributed by atoms with E-state index in [1.807, 2.05) is 68.4 Å². The summed E-state index contributed by atoms with van der Waals surface area (Å²) in [4.78, 5) is 40.1. The van der Waals surface area contributed by atoms with Gasteiger partial charge in [-0.15, -0.1) is 0 Å². The van der Waals surface area contributed by atoms with Gasteiger partial charge in [0.2, 0.25) is 5.95 Å². The molecule has 6 rings (SSSR count). The molecule has 0 bridgehead atoms. The van der Waals surface area contributed by atoms with Gasteiger partial charge in [-0.1, -0.05) is 52.0 Å². The van der Waals surface area contributed by atoms with Gasteiger partial charge in [-0.25, -0.2) is 4.98 Å². The normalized spacial score (nSPS) is 18.9. The summed E-state index contributed by atoms with van der Waals surface area (Å²) >= 11 is 0. The fraction of sp³-hybridized carbons (Fsp3) is 0.444. The van der Waals surface area contributed by atoms with Crippen molar-refractivity contribution >= 4 is 28.5 Å². The van der Waals surface area contributed by atoms with E-state index in [0.29, 0.717) is 18.0 Å². The Kier molecular flexibility index (Phi) is 8.29. The van der Waals surface area contributed by atoms with Crippen LogP contribution in [0.5, 0.6) is 5.75 Å². The van der Waals surface area contributed by atoms with Crippen LogP contribution in [0, 0.1) is 5.41 Å². The number of piperidine rings is 1. The van der Waals surface area contributed by atoms with Crippen LogP contribution in [0.25, 0.3) is 11.0 Å². The lowest BCUT2D eigenvalue weighted by molar-refractivity contribution is 0.0724. The quantitative estimate of drug-likeness (QED) is 0.237. The zero-order chi connectivity index (χ0) is 31.0. The number of pyridine rings is 1. The number of ether oxygens (including phenoxy) is 1. The van der Waals surface area contributed by atoms with E-state index in [9.17, 15) is 9.59 Å². The van der Waals surface area contributed by atoms with Crippen molar-refractivity contribution in [3.63, 3.8) is 0 Å². The standard InChI is InChI=1S/C36H43N5O3/c1-6-23(7-2)30-20-25-22-37-35(38-26-12-14-27(15-13-26)44-28-16-18-40(5)19-17-28)39-33(25)41(34(30)43)31-21-24-10-8-9-11-29(24)32(42)36(31,3)4/h8-15,20,22-23,28,31H,6-7,16-19,21H2,1-5H3,(H,37,38,39). The SMILES string of the molecule is CCC(CC)c1cc2cnc(Nc3ccc(OC4CCN(C)CC4)cc3)nc2n(C2Cc3ccccc3C(=O)C2(C)C)c1=O. The third kappa shape index (κ3) is 5.63. The molecule has 230 valence electrons. The number of rotatable bonds is 8. The van der Waals surface area contributed by atoms with Crippen molar-refractivity contribution in [1.82, 2.24) is 19.4 Å². The Balaban J connectivity index is 1.37. The lowest BCUT2D eigenvalue weighted by Gasteiger charge is -2.39. The van der Waals surface area contributed by atoms with Crippen LogP contribution in [0.4, 0.5) is 11.6 Å². The topological polar surface area (TPSA) is 89.3 Å². The third-order valence-electron chi connectivity index (χ3n) is 9.71. The van der Waals surface area contributed by atoms with Gasteiger partial charge in [0.15, 0.2) is 5.78 Å². The number of anilines is 2. The molecule has 0 saturated carbocycles. The lowest BCUT2D eigenvalue weighted by atomic mass is 9.69. The maximum absolute atomic E-state index is 14.4. The van der Waals surface area contributed by atoms with Crippen molar-refractivity contribution in [3.05, 3.63) is 87.8 Å². The van der Waals surface area contributed by atoms with Crippen molar-refractivity contribution in [3.8, 4) is 5.75 Å². The Morgan fingerprint density at radius 1 is 1.02 bits per heavy atom. The molecule has 4 aromatic rings. The van der Waals surface area contributed by atoms with Crippen LogP contribution in [-0.2, 0) is 6.42 Å². The number of fused-ring (bicyclic) bond motifs is 2. The smallest absolute Gasteiger partial charge is 0.255 e. The van der Waals surface area contributed by atoms with E-state index in [0.717, 1.165) is 72.3 Å². The summed E-state index contributed by atoms with van der Waals surface area (Å²) in [6, 6.07) is 17.2. The molecular formula is C36H43N5O3. The molecule has 1 N–H and O–H groups in total. The molecule has 2 aliphatic rings. The van der Waals surface area contributed by atoms with Crippen molar-refractivity contribution in [2.45, 2.75) is 77.9 Å². The summed E-state index contributed by atoms with van der Waals surface area (Å²) in [5.41, 5.74) is 2.94. The van der Waals surface area contributed by atoms with E-state index in [1.54, 1.807) is 10.8 Å². The Bertz CT molecular complexity index is 1720. The minimum atomic E-state index is -0.806. The van der Waals surface area contributed by atoms with Gasteiger partial charge in [-0.05, 0) is 81.0 Å². The molecule has 1 saturated heterocycles. The molecule has 44 heavy (non-hydrogen) atoms. The zero-order valence-electron chi connectivity index (χ0n) is 26.5.